The van der Waals surface area contributed by atoms with Crippen LogP contribution in [0.4, 0.5) is 0 Å². The molecular formula is C49H100. The van der Waals surface area contributed by atoms with Crippen molar-refractivity contribution in [3.05, 3.63) is 0 Å². The van der Waals surface area contributed by atoms with E-state index in [0.29, 0.717) is 0 Å². The smallest absolute Gasteiger partial charge is 0.0533 e. The van der Waals surface area contributed by atoms with Gasteiger partial charge in [-0.1, -0.05) is 316 Å². The van der Waals surface area contributed by atoms with Gasteiger partial charge < -0.3 is 0 Å². The molecule has 0 aromatic rings. The summed E-state index contributed by atoms with van der Waals surface area (Å²) < 4.78 is 0. The van der Waals surface area contributed by atoms with Gasteiger partial charge in [0.25, 0.3) is 0 Å². The van der Waals surface area contributed by atoms with E-state index in [1.807, 2.05) is 0 Å². The molecule has 4 saturated carbocycles. The lowest BCUT2D eigenvalue weighted by Crippen LogP contribution is -1.85. The molecule has 4 rings (SSSR count). The molecule has 0 bridgehead atoms. The Morgan fingerprint density at radius 2 is 0.0816 bits per heavy atom. The Morgan fingerprint density at radius 3 is 0.102 bits per heavy atom. The van der Waals surface area contributed by atoms with Gasteiger partial charge in [-0.25, -0.2) is 0 Å². The van der Waals surface area contributed by atoms with E-state index < -0.39 is 0 Å². The summed E-state index contributed by atoms with van der Waals surface area (Å²) in [5.74, 6) is 0. The van der Waals surface area contributed by atoms with Crippen LogP contribution in [0.1, 0.15) is 316 Å². The van der Waals surface area contributed by atoms with Crippen molar-refractivity contribution in [2.75, 3.05) is 0 Å². The van der Waals surface area contributed by atoms with E-state index in [1.165, 1.54) is 308 Å². The molecule has 0 N–H and O–H groups in total. The standard InChI is InChI=1S/4C12H24.CH4/c4*1-2-4-6-8-10-12-11-9-7-5-3-1;/h4*1-12H2;1H4. The SMILES string of the molecule is C.C1CCCCCCCCCCC1.C1CCCCCCCCCCC1.C1CCCCCCCCCCC1.C1CCCCCCCCCCC1. The van der Waals surface area contributed by atoms with Crippen molar-refractivity contribution in [1.29, 1.82) is 0 Å². The van der Waals surface area contributed by atoms with E-state index in [-0.39, 0.29) is 7.43 Å². The van der Waals surface area contributed by atoms with Crippen LogP contribution >= 0.6 is 0 Å². The second-order valence-electron chi connectivity index (χ2n) is 17.0. The fraction of sp³-hybridized carbons (Fsp3) is 1.00. The molecule has 0 aromatic heterocycles. The summed E-state index contributed by atoms with van der Waals surface area (Å²) in [6.07, 6.45) is 72.0. The van der Waals surface area contributed by atoms with Gasteiger partial charge in [-0.05, 0) is 0 Å². The molecule has 4 aliphatic carbocycles. The Bertz CT molecular complexity index is 268. The quantitative estimate of drug-likeness (QED) is 0.238. The van der Waals surface area contributed by atoms with Gasteiger partial charge in [-0.3, -0.25) is 0 Å². The molecular weight excluding hydrogens is 589 g/mol. The summed E-state index contributed by atoms with van der Waals surface area (Å²) in [5, 5.41) is 0. The summed E-state index contributed by atoms with van der Waals surface area (Å²) >= 11 is 0. The van der Waals surface area contributed by atoms with Gasteiger partial charge in [0.05, 0.1) is 0 Å². The fourth-order valence-corrected chi connectivity index (χ4v) is 8.49. The number of hydrogen-bond acceptors (Lipinski definition) is 0. The Labute approximate surface area is 314 Å². The van der Waals surface area contributed by atoms with Crippen molar-refractivity contribution in [1.82, 2.24) is 0 Å². The highest BCUT2D eigenvalue weighted by atomic mass is 14.1. The summed E-state index contributed by atoms with van der Waals surface area (Å²) in [5.41, 5.74) is 0. The highest BCUT2D eigenvalue weighted by molar-refractivity contribution is 4.55. The van der Waals surface area contributed by atoms with Crippen molar-refractivity contribution in [2.24, 2.45) is 0 Å². The first-order chi connectivity index (χ1) is 24.0. The normalized spacial score (nSPS) is 23.5. The Kier molecular flexibility index (Phi) is 46.0. The molecule has 0 heteroatoms. The maximum Gasteiger partial charge on any atom is -0.0533 e. The average Bonchev–Trinajstić information content (AvgIpc) is 3.07. The van der Waals surface area contributed by atoms with Crippen molar-refractivity contribution in [3.8, 4) is 0 Å². The molecule has 0 nitrogen and oxygen atoms in total. The molecule has 0 unspecified atom stereocenters. The van der Waals surface area contributed by atoms with Crippen LogP contribution in [-0.2, 0) is 0 Å². The van der Waals surface area contributed by atoms with Gasteiger partial charge in [0.15, 0.2) is 0 Å². The lowest BCUT2D eigenvalue weighted by atomic mass is 10.0. The zero-order chi connectivity index (χ0) is 33.9. The van der Waals surface area contributed by atoms with E-state index >= 15 is 0 Å². The zero-order valence-corrected chi connectivity index (χ0v) is 33.9. The van der Waals surface area contributed by atoms with Crippen molar-refractivity contribution < 1.29 is 0 Å². The molecule has 0 radical (unpaired) electrons. The van der Waals surface area contributed by atoms with Crippen LogP contribution in [0.25, 0.3) is 0 Å². The molecule has 0 aliphatic heterocycles. The van der Waals surface area contributed by atoms with Gasteiger partial charge in [0.1, 0.15) is 0 Å². The predicted octanol–water partition coefficient (Wildman–Crippen LogP) is 19.4. The van der Waals surface area contributed by atoms with Crippen LogP contribution in [0.5, 0.6) is 0 Å². The molecule has 0 aromatic carbocycles. The minimum atomic E-state index is 0. The van der Waals surface area contributed by atoms with Crippen LogP contribution in [-0.4, -0.2) is 0 Å². The predicted molar refractivity (Wildman–Crippen MR) is 228 cm³/mol. The van der Waals surface area contributed by atoms with E-state index in [9.17, 15) is 0 Å². The Balaban J connectivity index is 0.000000623. The lowest BCUT2D eigenvalue weighted by molar-refractivity contribution is 0.504. The third-order valence-electron chi connectivity index (χ3n) is 12.0. The molecule has 4 aliphatic rings. The molecule has 49 heavy (non-hydrogen) atoms. The van der Waals surface area contributed by atoms with Crippen molar-refractivity contribution in [3.63, 3.8) is 0 Å². The molecule has 296 valence electrons. The first-order valence-corrected chi connectivity index (χ1v) is 24.0. The maximum atomic E-state index is 1.50. The largest absolute Gasteiger partial charge is 0.0776 e. The second-order valence-corrected chi connectivity index (χ2v) is 17.0. The van der Waals surface area contributed by atoms with Gasteiger partial charge >= 0.3 is 0 Å². The summed E-state index contributed by atoms with van der Waals surface area (Å²) in [7, 11) is 0. The third kappa shape index (κ3) is 44.1. The number of rotatable bonds is 0. The number of hydrogen-bond donors (Lipinski definition) is 0. The molecule has 0 heterocycles. The zero-order valence-electron chi connectivity index (χ0n) is 33.9. The van der Waals surface area contributed by atoms with Gasteiger partial charge in [0, 0.05) is 0 Å². The Morgan fingerprint density at radius 1 is 0.0612 bits per heavy atom. The summed E-state index contributed by atoms with van der Waals surface area (Å²) in [4.78, 5) is 0. The van der Waals surface area contributed by atoms with Crippen molar-refractivity contribution in [2.45, 2.75) is 316 Å². The molecule has 0 spiro atoms. The summed E-state index contributed by atoms with van der Waals surface area (Å²) in [6.45, 7) is 0. The van der Waals surface area contributed by atoms with Gasteiger partial charge in [-0.2, -0.15) is 0 Å². The fourth-order valence-electron chi connectivity index (χ4n) is 8.49. The van der Waals surface area contributed by atoms with E-state index in [0.717, 1.165) is 0 Å². The van der Waals surface area contributed by atoms with Crippen LogP contribution < -0.4 is 0 Å². The highest BCUT2D eigenvalue weighted by Gasteiger charge is 1.99. The molecule has 0 amide bonds. The van der Waals surface area contributed by atoms with Crippen molar-refractivity contribution >= 4 is 0 Å². The van der Waals surface area contributed by atoms with Crippen LogP contribution in [0.15, 0.2) is 0 Å². The van der Waals surface area contributed by atoms with E-state index in [2.05, 4.69) is 0 Å². The molecule has 0 atom stereocenters. The van der Waals surface area contributed by atoms with Gasteiger partial charge in [0.2, 0.25) is 0 Å². The topological polar surface area (TPSA) is 0 Å². The average molecular weight is 689 g/mol. The molecule has 0 saturated heterocycles. The lowest BCUT2D eigenvalue weighted by Gasteiger charge is -2.05. The first-order valence-electron chi connectivity index (χ1n) is 24.0. The van der Waals surface area contributed by atoms with Crippen LogP contribution in [0, 0.1) is 0 Å². The second kappa shape index (κ2) is 46.0. The van der Waals surface area contributed by atoms with E-state index in [1.54, 1.807) is 0 Å². The maximum absolute atomic E-state index is 1.50. The van der Waals surface area contributed by atoms with Crippen LogP contribution in [0.2, 0.25) is 0 Å². The van der Waals surface area contributed by atoms with E-state index in [4.69, 9.17) is 0 Å². The first kappa shape index (κ1) is 49.0. The Hall–Kier alpha value is 0. The highest BCUT2D eigenvalue weighted by Crippen LogP contribution is 2.19. The van der Waals surface area contributed by atoms with Gasteiger partial charge in [-0.15, -0.1) is 0 Å². The van der Waals surface area contributed by atoms with Crippen LogP contribution in [0.3, 0.4) is 0 Å². The molecule has 4 fully saturated rings. The summed E-state index contributed by atoms with van der Waals surface area (Å²) in [6, 6.07) is 0. The minimum Gasteiger partial charge on any atom is -0.0776 e. The minimum absolute atomic E-state index is 0. The third-order valence-corrected chi connectivity index (χ3v) is 12.0. The monoisotopic (exact) mass is 689 g/mol.